The van der Waals surface area contributed by atoms with Crippen LogP contribution in [0.3, 0.4) is 0 Å². The van der Waals surface area contributed by atoms with Crippen LogP contribution in [-0.4, -0.2) is 9.55 Å². The quantitative estimate of drug-likeness (QED) is 0.180. The van der Waals surface area contributed by atoms with Crippen molar-refractivity contribution in [1.82, 2.24) is 9.55 Å². The molecule has 47 heavy (non-hydrogen) atoms. The van der Waals surface area contributed by atoms with Crippen LogP contribution >= 0.6 is 0 Å². The summed E-state index contributed by atoms with van der Waals surface area (Å²) in [6.07, 6.45) is 0.865. The van der Waals surface area contributed by atoms with Gasteiger partial charge in [-0.3, -0.25) is 4.57 Å². The second-order valence-electron chi connectivity index (χ2n) is 12.2. The zero-order valence-electron chi connectivity index (χ0n) is 26.2. The van der Waals surface area contributed by atoms with Gasteiger partial charge in [0.2, 0.25) is 0 Å². The highest BCUT2D eigenvalue weighted by atomic mass is 15.1. The highest BCUT2D eigenvalue weighted by Crippen LogP contribution is 2.45. The zero-order chi connectivity index (χ0) is 31.3. The molecule has 2 nitrogen and oxygen atoms in total. The van der Waals surface area contributed by atoms with Crippen LogP contribution in [0.2, 0.25) is 0 Å². The van der Waals surface area contributed by atoms with Crippen molar-refractivity contribution >= 4 is 43.4 Å². The smallest absolute Gasteiger partial charge is 0.114 e. The molecule has 1 heterocycles. The molecule has 9 rings (SSSR count). The fourth-order valence-corrected chi connectivity index (χ4v) is 7.33. The first-order valence-electron chi connectivity index (χ1n) is 16.4. The van der Waals surface area contributed by atoms with Gasteiger partial charge in [-0.15, -0.1) is 0 Å². The standard InChI is InChI=1S/C45H32N2/c1-2-43-46-41-18-10-11-19-42(41)47(43)36-25-22-32(23-26-36)45-38-17-9-8-16-37(38)44(31-13-4-3-5-14-31)39-27-24-35(29-40(39)45)34-21-20-30-12-6-7-15-33(30)28-34/h3-29H,2H2,1H3. The van der Waals surface area contributed by atoms with E-state index in [0.29, 0.717) is 0 Å². The lowest BCUT2D eigenvalue weighted by Gasteiger charge is -2.19. The Morgan fingerprint density at radius 1 is 0.447 bits per heavy atom. The lowest BCUT2D eigenvalue weighted by Crippen LogP contribution is -2.00. The Morgan fingerprint density at radius 3 is 1.81 bits per heavy atom. The molecule has 0 saturated heterocycles. The Labute approximate surface area is 274 Å². The first kappa shape index (κ1) is 27.3. The SMILES string of the molecule is CCc1nc2ccccc2n1-c1ccc(-c2c3ccccc3c(-c3ccccc3)c3ccc(-c4ccc5ccccc5c4)cc23)cc1. The predicted molar refractivity (Wildman–Crippen MR) is 199 cm³/mol. The lowest BCUT2D eigenvalue weighted by molar-refractivity contribution is 0.908. The van der Waals surface area contributed by atoms with E-state index in [0.717, 1.165) is 29.0 Å². The van der Waals surface area contributed by atoms with E-state index in [4.69, 9.17) is 4.98 Å². The average Bonchev–Trinajstić information content (AvgIpc) is 3.53. The summed E-state index contributed by atoms with van der Waals surface area (Å²) in [5.74, 6) is 1.07. The molecule has 0 amide bonds. The molecule has 2 heteroatoms. The third-order valence-corrected chi connectivity index (χ3v) is 9.53. The minimum atomic E-state index is 0.865. The predicted octanol–water partition coefficient (Wildman–Crippen LogP) is 12.0. The average molecular weight is 601 g/mol. The highest BCUT2D eigenvalue weighted by Gasteiger charge is 2.18. The molecule has 0 unspecified atom stereocenters. The van der Waals surface area contributed by atoms with Gasteiger partial charge in [0.05, 0.1) is 11.0 Å². The zero-order valence-corrected chi connectivity index (χ0v) is 26.2. The fourth-order valence-electron chi connectivity index (χ4n) is 7.33. The summed E-state index contributed by atoms with van der Waals surface area (Å²) in [5, 5.41) is 7.54. The molecule has 9 aromatic rings. The van der Waals surface area contributed by atoms with E-state index >= 15 is 0 Å². The van der Waals surface area contributed by atoms with Gasteiger partial charge in [0.15, 0.2) is 0 Å². The van der Waals surface area contributed by atoms with Gasteiger partial charge in [0.1, 0.15) is 5.82 Å². The van der Waals surface area contributed by atoms with Crippen molar-refractivity contribution in [3.8, 4) is 39.1 Å². The number of rotatable bonds is 5. The second-order valence-corrected chi connectivity index (χ2v) is 12.2. The molecule has 0 aliphatic carbocycles. The molecule has 0 spiro atoms. The fraction of sp³-hybridized carbons (Fsp3) is 0.0444. The molecule has 1 aromatic heterocycles. The number of para-hydroxylation sites is 2. The van der Waals surface area contributed by atoms with Crippen molar-refractivity contribution < 1.29 is 0 Å². The van der Waals surface area contributed by atoms with Crippen molar-refractivity contribution in [2.45, 2.75) is 13.3 Å². The molecular formula is C45H32N2. The van der Waals surface area contributed by atoms with E-state index in [1.165, 1.54) is 65.7 Å². The third kappa shape index (κ3) is 4.53. The Balaban J connectivity index is 1.31. The number of fused-ring (bicyclic) bond motifs is 4. The Hall–Kier alpha value is -5.99. The van der Waals surface area contributed by atoms with Crippen LogP contribution in [0.1, 0.15) is 12.7 Å². The topological polar surface area (TPSA) is 17.8 Å². The monoisotopic (exact) mass is 600 g/mol. The summed E-state index contributed by atoms with van der Waals surface area (Å²) in [6, 6.07) is 59.6. The number of hydrogen-bond donors (Lipinski definition) is 0. The lowest BCUT2D eigenvalue weighted by atomic mass is 9.84. The van der Waals surface area contributed by atoms with E-state index in [1.807, 2.05) is 0 Å². The molecule has 0 fully saturated rings. The van der Waals surface area contributed by atoms with E-state index in [9.17, 15) is 0 Å². The number of aryl methyl sites for hydroxylation is 1. The van der Waals surface area contributed by atoms with Crippen molar-refractivity contribution in [3.63, 3.8) is 0 Å². The molecule has 0 bridgehead atoms. The summed E-state index contributed by atoms with van der Waals surface area (Å²) < 4.78 is 2.30. The molecule has 0 saturated carbocycles. The Bertz CT molecular complexity index is 2590. The van der Waals surface area contributed by atoms with E-state index in [-0.39, 0.29) is 0 Å². The highest BCUT2D eigenvalue weighted by molar-refractivity contribution is 6.22. The van der Waals surface area contributed by atoms with Crippen molar-refractivity contribution in [1.29, 1.82) is 0 Å². The maximum atomic E-state index is 4.93. The van der Waals surface area contributed by atoms with Crippen LogP contribution in [0.15, 0.2) is 164 Å². The summed E-state index contributed by atoms with van der Waals surface area (Å²) in [4.78, 5) is 4.93. The first-order valence-corrected chi connectivity index (χ1v) is 16.4. The van der Waals surface area contributed by atoms with Crippen molar-refractivity contribution in [2.75, 3.05) is 0 Å². The van der Waals surface area contributed by atoms with Crippen LogP contribution in [-0.2, 0) is 6.42 Å². The Morgan fingerprint density at radius 2 is 1.02 bits per heavy atom. The largest absolute Gasteiger partial charge is 0.296 e. The van der Waals surface area contributed by atoms with E-state index in [1.54, 1.807) is 0 Å². The Kier molecular flexibility index (Phi) is 6.46. The van der Waals surface area contributed by atoms with Gasteiger partial charge in [-0.1, -0.05) is 134 Å². The molecular weight excluding hydrogens is 569 g/mol. The van der Waals surface area contributed by atoms with Gasteiger partial charge in [-0.05, 0) is 102 Å². The molecule has 222 valence electrons. The van der Waals surface area contributed by atoms with E-state index < -0.39 is 0 Å². The number of aromatic nitrogens is 2. The second kappa shape index (κ2) is 11.1. The normalized spacial score (nSPS) is 11.6. The van der Waals surface area contributed by atoms with Crippen LogP contribution < -0.4 is 0 Å². The number of benzene rings is 8. The van der Waals surface area contributed by atoms with Gasteiger partial charge < -0.3 is 0 Å². The molecule has 0 atom stereocenters. The summed E-state index contributed by atoms with van der Waals surface area (Å²) in [5.41, 5.74) is 10.7. The van der Waals surface area contributed by atoms with Gasteiger partial charge in [0.25, 0.3) is 0 Å². The van der Waals surface area contributed by atoms with Crippen LogP contribution in [0.4, 0.5) is 0 Å². The molecule has 8 aromatic carbocycles. The summed E-state index contributed by atoms with van der Waals surface area (Å²) >= 11 is 0. The maximum Gasteiger partial charge on any atom is 0.114 e. The van der Waals surface area contributed by atoms with Crippen LogP contribution in [0.5, 0.6) is 0 Å². The maximum absolute atomic E-state index is 4.93. The van der Waals surface area contributed by atoms with Crippen molar-refractivity contribution in [3.05, 3.63) is 170 Å². The first-order chi connectivity index (χ1) is 23.3. The van der Waals surface area contributed by atoms with Crippen LogP contribution in [0.25, 0.3) is 82.4 Å². The minimum absolute atomic E-state index is 0.865. The molecule has 0 N–H and O–H groups in total. The number of nitrogens with zero attached hydrogens (tertiary/aromatic N) is 2. The van der Waals surface area contributed by atoms with Gasteiger partial charge >= 0.3 is 0 Å². The molecule has 0 aliphatic heterocycles. The third-order valence-electron chi connectivity index (χ3n) is 9.53. The van der Waals surface area contributed by atoms with E-state index in [2.05, 4.69) is 175 Å². The van der Waals surface area contributed by atoms with Gasteiger partial charge in [0, 0.05) is 12.1 Å². The minimum Gasteiger partial charge on any atom is -0.296 e. The van der Waals surface area contributed by atoms with Gasteiger partial charge in [-0.2, -0.15) is 0 Å². The number of imidazole rings is 1. The summed E-state index contributed by atoms with van der Waals surface area (Å²) in [7, 11) is 0. The van der Waals surface area contributed by atoms with Crippen molar-refractivity contribution in [2.24, 2.45) is 0 Å². The molecule has 0 radical (unpaired) electrons. The number of hydrogen-bond acceptors (Lipinski definition) is 1. The summed E-state index contributed by atoms with van der Waals surface area (Å²) in [6.45, 7) is 2.17. The van der Waals surface area contributed by atoms with Gasteiger partial charge in [-0.25, -0.2) is 4.98 Å². The molecule has 0 aliphatic rings. The van der Waals surface area contributed by atoms with Crippen LogP contribution in [0, 0.1) is 0 Å².